The van der Waals surface area contributed by atoms with Crippen molar-refractivity contribution in [2.75, 3.05) is 20.3 Å². The standard InChI is InChI=1S/C19H22N3O8P/c1-13-11-22(19(25)21-18(13)24)16-9-8-15(29-16)12-28-31(26,20-10-17(23)27-2)30-14-6-4-3-5-7-14/h3-9,11,15-16H,10,12H2,1-2H3,(H,20,26)(H,21,24,25). The number of rotatable bonds is 9. The first-order chi connectivity index (χ1) is 14.8. The Labute approximate surface area is 177 Å². The number of benzene rings is 1. The number of nitrogens with one attached hydrogen (secondary N) is 2. The number of ether oxygens (including phenoxy) is 2. The number of aromatic nitrogens is 2. The molecule has 0 saturated carbocycles. The van der Waals surface area contributed by atoms with Gasteiger partial charge in [0.1, 0.15) is 18.4 Å². The van der Waals surface area contributed by atoms with E-state index in [4.69, 9.17) is 13.8 Å². The molecule has 3 atom stereocenters. The number of methoxy groups -OCH3 is 1. The molecular formula is C19H22N3O8P. The number of aryl methyl sites for hydroxylation is 1. The Morgan fingerprint density at radius 1 is 1.26 bits per heavy atom. The largest absolute Gasteiger partial charge is 0.468 e. The molecule has 0 radical (unpaired) electrons. The van der Waals surface area contributed by atoms with Crippen LogP contribution in [0, 0.1) is 6.92 Å². The van der Waals surface area contributed by atoms with Crippen LogP contribution in [0.2, 0.25) is 0 Å². The minimum absolute atomic E-state index is 0.192. The van der Waals surface area contributed by atoms with Crippen LogP contribution in [0.5, 0.6) is 5.75 Å². The van der Waals surface area contributed by atoms with Gasteiger partial charge in [-0.05, 0) is 25.1 Å². The minimum atomic E-state index is -3.96. The topological polar surface area (TPSA) is 138 Å². The normalized spacial score (nSPS) is 19.7. The van der Waals surface area contributed by atoms with Gasteiger partial charge >= 0.3 is 19.4 Å². The summed E-state index contributed by atoms with van der Waals surface area (Å²) >= 11 is 0. The van der Waals surface area contributed by atoms with Crippen molar-refractivity contribution in [1.82, 2.24) is 14.6 Å². The molecule has 1 aliphatic heterocycles. The highest BCUT2D eigenvalue weighted by molar-refractivity contribution is 7.52. The van der Waals surface area contributed by atoms with Crippen molar-refractivity contribution in [2.45, 2.75) is 19.3 Å². The van der Waals surface area contributed by atoms with E-state index in [2.05, 4.69) is 14.8 Å². The van der Waals surface area contributed by atoms with Crippen LogP contribution in [-0.4, -0.2) is 41.9 Å². The summed E-state index contributed by atoms with van der Waals surface area (Å²) < 4.78 is 35.5. The molecule has 0 amide bonds. The summed E-state index contributed by atoms with van der Waals surface area (Å²) in [5, 5.41) is 2.45. The number of hydrogen-bond acceptors (Lipinski definition) is 8. The molecule has 1 aromatic heterocycles. The van der Waals surface area contributed by atoms with E-state index in [9.17, 15) is 18.9 Å². The molecule has 0 aliphatic carbocycles. The van der Waals surface area contributed by atoms with Crippen molar-refractivity contribution < 1.29 is 27.9 Å². The average Bonchev–Trinajstić information content (AvgIpc) is 3.23. The second-order valence-electron chi connectivity index (χ2n) is 6.54. The summed E-state index contributed by atoms with van der Waals surface area (Å²) in [4.78, 5) is 37.2. The van der Waals surface area contributed by atoms with E-state index in [1.54, 1.807) is 49.4 Å². The lowest BCUT2D eigenvalue weighted by molar-refractivity contribution is -0.139. The van der Waals surface area contributed by atoms with Gasteiger partial charge in [-0.1, -0.05) is 24.3 Å². The Bertz CT molecular complexity index is 1110. The molecule has 166 valence electrons. The molecule has 1 aliphatic rings. The Morgan fingerprint density at radius 2 is 2.00 bits per heavy atom. The summed E-state index contributed by atoms with van der Waals surface area (Å²) in [7, 11) is -2.76. The van der Waals surface area contributed by atoms with Gasteiger partial charge in [0, 0.05) is 11.8 Å². The summed E-state index contributed by atoms with van der Waals surface area (Å²) in [5.74, 6) is -0.371. The fourth-order valence-electron chi connectivity index (χ4n) is 2.65. The third-order valence-corrected chi connectivity index (χ3v) is 5.73. The van der Waals surface area contributed by atoms with Gasteiger partial charge in [-0.25, -0.2) is 14.4 Å². The third kappa shape index (κ3) is 6.02. The molecule has 11 nitrogen and oxygen atoms in total. The maximum Gasteiger partial charge on any atom is 0.459 e. The van der Waals surface area contributed by atoms with E-state index in [0.717, 1.165) is 0 Å². The molecule has 1 aromatic carbocycles. The second-order valence-corrected chi connectivity index (χ2v) is 8.29. The van der Waals surface area contributed by atoms with Crippen LogP contribution < -0.4 is 20.9 Å². The molecule has 31 heavy (non-hydrogen) atoms. The zero-order valence-electron chi connectivity index (χ0n) is 16.8. The molecule has 2 heterocycles. The van der Waals surface area contributed by atoms with Gasteiger partial charge < -0.3 is 14.0 Å². The van der Waals surface area contributed by atoms with Crippen molar-refractivity contribution in [3.8, 4) is 5.75 Å². The van der Waals surface area contributed by atoms with E-state index >= 15 is 0 Å². The lowest BCUT2D eigenvalue weighted by atomic mass is 10.3. The fourth-order valence-corrected chi connectivity index (χ4v) is 3.92. The van der Waals surface area contributed by atoms with Gasteiger partial charge in [0.05, 0.1) is 13.7 Å². The number of carbonyl (C=O) groups is 1. The Kier molecular flexibility index (Phi) is 7.24. The molecule has 2 N–H and O–H groups in total. The lowest BCUT2D eigenvalue weighted by Crippen LogP contribution is -2.33. The van der Waals surface area contributed by atoms with Crippen molar-refractivity contribution in [3.05, 3.63) is 75.1 Å². The first-order valence-corrected chi connectivity index (χ1v) is 10.8. The van der Waals surface area contributed by atoms with Crippen LogP contribution in [0.15, 0.2) is 58.3 Å². The van der Waals surface area contributed by atoms with E-state index in [0.29, 0.717) is 5.56 Å². The first-order valence-electron chi connectivity index (χ1n) is 9.26. The zero-order valence-corrected chi connectivity index (χ0v) is 17.7. The molecular weight excluding hydrogens is 429 g/mol. The van der Waals surface area contributed by atoms with Crippen molar-refractivity contribution in [1.29, 1.82) is 0 Å². The highest BCUT2D eigenvalue weighted by Gasteiger charge is 2.31. The number of H-pyrrole nitrogens is 1. The van der Waals surface area contributed by atoms with Gasteiger partial charge in [0.25, 0.3) is 5.56 Å². The van der Waals surface area contributed by atoms with Gasteiger partial charge in [-0.2, -0.15) is 0 Å². The van der Waals surface area contributed by atoms with Crippen molar-refractivity contribution in [2.24, 2.45) is 0 Å². The molecule has 0 bridgehead atoms. The molecule has 12 heteroatoms. The first kappa shape index (κ1) is 22.7. The summed E-state index contributed by atoms with van der Waals surface area (Å²) in [6.07, 6.45) is 3.20. The summed E-state index contributed by atoms with van der Waals surface area (Å²) in [6, 6.07) is 8.32. The molecule has 3 unspecified atom stereocenters. The Hall–Kier alpha value is -2.98. The Balaban J connectivity index is 1.66. The average molecular weight is 451 g/mol. The molecule has 0 fully saturated rings. The quantitative estimate of drug-likeness (QED) is 0.328. The maximum absolute atomic E-state index is 13.1. The predicted molar refractivity (Wildman–Crippen MR) is 110 cm³/mol. The molecule has 2 aromatic rings. The van der Waals surface area contributed by atoms with E-state index in [1.807, 2.05) is 0 Å². The van der Waals surface area contributed by atoms with Gasteiger partial charge in [0.15, 0.2) is 6.23 Å². The smallest absolute Gasteiger partial charge is 0.459 e. The van der Waals surface area contributed by atoms with E-state index in [1.165, 1.54) is 17.9 Å². The predicted octanol–water partition coefficient (Wildman–Crippen LogP) is 1.26. The highest BCUT2D eigenvalue weighted by atomic mass is 31.2. The summed E-state index contributed by atoms with van der Waals surface area (Å²) in [5.41, 5.74) is -0.743. The minimum Gasteiger partial charge on any atom is -0.468 e. The van der Waals surface area contributed by atoms with Gasteiger partial charge in [0.2, 0.25) is 0 Å². The van der Waals surface area contributed by atoms with Gasteiger partial charge in [-0.15, -0.1) is 0 Å². The number of hydrogen-bond donors (Lipinski definition) is 2. The van der Waals surface area contributed by atoms with Crippen LogP contribution in [0.25, 0.3) is 0 Å². The zero-order chi connectivity index (χ0) is 22.4. The van der Waals surface area contributed by atoms with Crippen LogP contribution in [0.4, 0.5) is 0 Å². The number of esters is 1. The maximum atomic E-state index is 13.1. The fraction of sp³-hybridized carbons (Fsp3) is 0.316. The van der Waals surface area contributed by atoms with Crippen LogP contribution in [0.3, 0.4) is 0 Å². The highest BCUT2D eigenvalue weighted by Crippen LogP contribution is 2.44. The molecule has 0 saturated heterocycles. The van der Waals surface area contributed by atoms with Crippen LogP contribution in [0.1, 0.15) is 11.8 Å². The van der Waals surface area contributed by atoms with Crippen molar-refractivity contribution >= 4 is 13.7 Å². The van der Waals surface area contributed by atoms with E-state index < -0.39 is 43.8 Å². The lowest BCUT2D eigenvalue weighted by Gasteiger charge is -2.21. The number of para-hydroxylation sites is 1. The number of aromatic amines is 1. The van der Waals surface area contributed by atoms with Crippen LogP contribution >= 0.6 is 7.75 Å². The molecule has 3 rings (SSSR count). The monoisotopic (exact) mass is 451 g/mol. The van der Waals surface area contributed by atoms with E-state index in [-0.39, 0.29) is 12.4 Å². The second kappa shape index (κ2) is 9.88. The number of carbonyl (C=O) groups excluding carboxylic acids is 1. The van der Waals surface area contributed by atoms with Crippen LogP contribution in [-0.2, 0) is 23.4 Å². The summed E-state index contributed by atoms with van der Waals surface area (Å²) in [6.45, 7) is 0.983. The third-order valence-electron chi connectivity index (χ3n) is 4.25. The SMILES string of the molecule is COC(=O)CNP(=O)(OCC1C=CC(n2cc(C)c(=O)[nH]c2=O)O1)Oc1ccccc1. The molecule has 0 spiro atoms. The van der Waals surface area contributed by atoms with Gasteiger partial charge in [-0.3, -0.25) is 23.7 Å². The number of nitrogens with zero attached hydrogens (tertiary/aromatic N) is 1. The van der Waals surface area contributed by atoms with Crippen molar-refractivity contribution in [3.63, 3.8) is 0 Å². The Morgan fingerprint density at radius 3 is 2.71 bits per heavy atom.